The molecule has 5 nitrogen and oxygen atoms in total. The monoisotopic (exact) mass is 253 g/mol. The molecule has 0 aliphatic rings. The Balaban J connectivity index is 2.46. The molecule has 1 rings (SSSR count). The van der Waals surface area contributed by atoms with Gasteiger partial charge in [0.2, 0.25) is 11.8 Å². The first-order valence-corrected chi connectivity index (χ1v) is 5.41. The van der Waals surface area contributed by atoms with Crippen LogP contribution in [0.2, 0.25) is 0 Å². The third-order valence-electron chi connectivity index (χ3n) is 2.10. The number of rotatable bonds is 4. The van der Waals surface area contributed by atoms with Crippen molar-refractivity contribution in [3.63, 3.8) is 0 Å². The highest BCUT2D eigenvalue weighted by Gasteiger charge is 2.21. The summed E-state index contributed by atoms with van der Waals surface area (Å²) in [5, 5.41) is 4.84. The second-order valence-electron chi connectivity index (χ2n) is 4.46. The van der Waals surface area contributed by atoms with Crippen molar-refractivity contribution in [2.24, 2.45) is 5.73 Å². The lowest BCUT2D eigenvalue weighted by Gasteiger charge is -2.17. The van der Waals surface area contributed by atoms with Crippen molar-refractivity contribution in [2.45, 2.75) is 19.4 Å². The van der Waals surface area contributed by atoms with Crippen LogP contribution in [0.1, 0.15) is 13.8 Å². The van der Waals surface area contributed by atoms with Crippen LogP contribution in [-0.4, -0.2) is 23.9 Å². The molecule has 0 atom stereocenters. The average Bonchev–Trinajstić information content (AvgIpc) is 2.24. The molecule has 0 spiro atoms. The van der Waals surface area contributed by atoms with Crippen LogP contribution in [0.15, 0.2) is 24.3 Å². The van der Waals surface area contributed by atoms with E-state index in [0.29, 0.717) is 5.69 Å². The van der Waals surface area contributed by atoms with Crippen LogP contribution in [0.3, 0.4) is 0 Å². The van der Waals surface area contributed by atoms with Gasteiger partial charge in [0, 0.05) is 5.69 Å². The Morgan fingerprint density at radius 1 is 1.39 bits per heavy atom. The maximum atomic E-state index is 12.9. The normalized spacial score (nSPS) is 10.9. The zero-order valence-electron chi connectivity index (χ0n) is 10.3. The van der Waals surface area contributed by atoms with Gasteiger partial charge in [0.25, 0.3) is 0 Å². The molecule has 0 aliphatic heterocycles. The number of halogens is 1. The van der Waals surface area contributed by atoms with E-state index in [1.54, 1.807) is 6.07 Å². The Hall–Kier alpha value is -1.95. The number of amides is 2. The molecular formula is C12H16FN3O2. The summed E-state index contributed by atoms with van der Waals surface area (Å²) in [6, 6.07) is 5.49. The number of benzene rings is 1. The Labute approximate surface area is 105 Å². The molecule has 4 N–H and O–H groups in total. The van der Waals surface area contributed by atoms with Crippen LogP contribution in [0.4, 0.5) is 10.1 Å². The summed E-state index contributed by atoms with van der Waals surface area (Å²) in [5.41, 5.74) is 4.84. The number of nitrogens with two attached hydrogens (primary N) is 1. The number of hydrogen-bond donors (Lipinski definition) is 3. The fourth-order valence-corrected chi connectivity index (χ4v) is 1.16. The van der Waals surface area contributed by atoms with Crippen molar-refractivity contribution in [3.8, 4) is 0 Å². The lowest BCUT2D eigenvalue weighted by molar-refractivity contribution is -0.127. The molecule has 6 heteroatoms. The van der Waals surface area contributed by atoms with E-state index in [1.807, 2.05) is 0 Å². The van der Waals surface area contributed by atoms with Gasteiger partial charge in [0.1, 0.15) is 5.82 Å². The molecular weight excluding hydrogens is 237 g/mol. The van der Waals surface area contributed by atoms with Gasteiger partial charge < -0.3 is 16.4 Å². The summed E-state index contributed by atoms with van der Waals surface area (Å²) < 4.78 is 12.9. The Morgan fingerprint density at radius 2 is 2.06 bits per heavy atom. The maximum Gasteiger partial charge on any atom is 0.243 e. The third-order valence-corrected chi connectivity index (χ3v) is 2.10. The van der Waals surface area contributed by atoms with Gasteiger partial charge >= 0.3 is 0 Å². The first-order valence-electron chi connectivity index (χ1n) is 5.41. The van der Waals surface area contributed by atoms with Gasteiger partial charge in [-0.2, -0.15) is 0 Å². The molecule has 2 amide bonds. The van der Waals surface area contributed by atoms with E-state index >= 15 is 0 Å². The number of anilines is 1. The summed E-state index contributed by atoms with van der Waals surface area (Å²) in [6.07, 6.45) is 0. The quantitative estimate of drug-likeness (QED) is 0.735. The van der Waals surface area contributed by atoms with Gasteiger partial charge in [-0.3, -0.25) is 9.59 Å². The van der Waals surface area contributed by atoms with Crippen LogP contribution < -0.4 is 16.4 Å². The number of nitrogens with one attached hydrogen (secondary N) is 2. The fourth-order valence-electron chi connectivity index (χ4n) is 1.16. The second-order valence-corrected chi connectivity index (χ2v) is 4.46. The van der Waals surface area contributed by atoms with Crippen LogP contribution in [0.25, 0.3) is 0 Å². The minimum Gasteiger partial charge on any atom is -0.345 e. The molecule has 0 fully saturated rings. The van der Waals surface area contributed by atoms with E-state index < -0.39 is 23.2 Å². The molecule has 0 saturated carbocycles. The lowest BCUT2D eigenvalue weighted by atomic mass is 10.1. The lowest BCUT2D eigenvalue weighted by Crippen LogP contribution is -2.50. The minimum atomic E-state index is -1.04. The fraction of sp³-hybridized carbons (Fsp3) is 0.333. The molecule has 98 valence electrons. The van der Waals surface area contributed by atoms with Crippen LogP contribution in [0.5, 0.6) is 0 Å². The number of carbonyl (C=O) groups is 2. The molecule has 0 aliphatic carbocycles. The summed E-state index contributed by atoms with van der Waals surface area (Å²) >= 11 is 0. The largest absolute Gasteiger partial charge is 0.345 e. The van der Waals surface area contributed by atoms with Crippen LogP contribution in [-0.2, 0) is 9.59 Å². The second kappa shape index (κ2) is 5.59. The summed E-state index contributed by atoms with van der Waals surface area (Å²) in [4.78, 5) is 22.9. The SMILES string of the molecule is CC(C)(N)C(=O)NCC(=O)Nc1cccc(F)c1. The molecule has 0 heterocycles. The first-order chi connectivity index (χ1) is 8.29. The zero-order chi connectivity index (χ0) is 13.8. The van der Waals surface area contributed by atoms with Gasteiger partial charge in [-0.25, -0.2) is 4.39 Å². The predicted molar refractivity (Wildman–Crippen MR) is 66.3 cm³/mol. The number of hydrogen-bond acceptors (Lipinski definition) is 3. The molecule has 18 heavy (non-hydrogen) atoms. The third kappa shape index (κ3) is 4.50. The van der Waals surface area contributed by atoms with Gasteiger partial charge in [-0.15, -0.1) is 0 Å². The van der Waals surface area contributed by atoms with Gasteiger partial charge in [-0.05, 0) is 32.0 Å². The average molecular weight is 253 g/mol. The van der Waals surface area contributed by atoms with E-state index in [9.17, 15) is 14.0 Å². The van der Waals surface area contributed by atoms with Crippen LogP contribution in [0, 0.1) is 5.82 Å². The first kappa shape index (κ1) is 14.1. The Bertz CT molecular complexity index is 455. The molecule has 1 aromatic carbocycles. The van der Waals surface area contributed by atoms with Gasteiger partial charge in [-0.1, -0.05) is 6.07 Å². The van der Waals surface area contributed by atoms with E-state index in [0.717, 1.165) is 0 Å². The van der Waals surface area contributed by atoms with Crippen molar-refractivity contribution in [2.75, 3.05) is 11.9 Å². The zero-order valence-corrected chi connectivity index (χ0v) is 10.3. The van der Waals surface area contributed by atoms with Crippen molar-refractivity contribution < 1.29 is 14.0 Å². The van der Waals surface area contributed by atoms with E-state index in [1.165, 1.54) is 32.0 Å². The summed E-state index contributed by atoms with van der Waals surface area (Å²) in [5.74, 6) is -1.32. The van der Waals surface area contributed by atoms with E-state index in [4.69, 9.17) is 5.73 Å². The highest BCUT2D eigenvalue weighted by molar-refractivity contribution is 5.95. The highest BCUT2D eigenvalue weighted by atomic mass is 19.1. The van der Waals surface area contributed by atoms with E-state index in [2.05, 4.69) is 10.6 Å². The minimum absolute atomic E-state index is 0.212. The van der Waals surface area contributed by atoms with Crippen molar-refractivity contribution >= 4 is 17.5 Å². The van der Waals surface area contributed by atoms with E-state index in [-0.39, 0.29) is 6.54 Å². The standard InChI is InChI=1S/C12H16FN3O2/c1-12(2,14)11(18)15-7-10(17)16-9-5-3-4-8(13)6-9/h3-6H,7,14H2,1-2H3,(H,15,18)(H,16,17). The molecule has 0 saturated heterocycles. The smallest absolute Gasteiger partial charge is 0.243 e. The predicted octanol–water partition coefficient (Wildman–Crippen LogP) is 0.618. The molecule has 0 bridgehead atoms. The summed E-state index contributed by atoms with van der Waals surface area (Å²) in [7, 11) is 0. The molecule has 0 aromatic heterocycles. The molecule has 0 radical (unpaired) electrons. The molecule has 1 aromatic rings. The summed E-state index contributed by atoms with van der Waals surface area (Å²) in [6.45, 7) is 2.86. The highest BCUT2D eigenvalue weighted by Crippen LogP contribution is 2.08. The van der Waals surface area contributed by atoms with Crippen molar-refractivity contribution in [1.82, 2.24) is 5.32 Å². The Morgan fingerprint density at radius 3 is 2.61 bits per heavy atom. The van der Waals surface area contributed by atoms with Gasteiger partial charge in [0.05, 0.1) is 12.1 Å². The number of carbonyl (C=O) groups excluding carboxylic acids is 2. The van der Waals surface area contributed by atoms with Crippen molar-refractivity contribution in [1.29, 1.82) is 0 Å². The maximum absolute atomic E-state index is 12.9. The van der Waals surface area contributed by atoms with Crippen LogP contribution >= 0.6 is 0 Å². The van der Waals surface area contributed by atoms with Crippen molar-refractivity contribution in [3.05, 3.63) is 30.1 Å². The Kier molecular flexibility index (Phi) is 4.38. The van der Waals surface area contributed by atoms with Gasteiger partial charge in [0.15, 0.2) is 0 Å². The topological polar surface area (TPSA) is 84.2 Å². The molecule has 0 unspecified atom stereocenters.